The maximum absolute atomic E-state index is 13.2. The van der Waals surface area contributed by atoms with E-state index >= 15 is 0 Å². The van der Waals surface area contributed by atoms with Crippen molar-refractivity contribution in [3.63, 3.8) is 0 Å². The van der Waals surface area contributed by atoms with Gasteiger partial charge in [-0.1, -0.05) is 11.6 Å². The van der Waals surface area contributed by atoms with Gasteiger partial charge in [0.1, 0.15) is 5.82 Å². The van der Waals surface area contributed by atoms with Crippen LogP contribution in [0, 0.1) is 11.7 Å². The lowest BCUT2D eigenvalue weighted by molar-refractivity contribution is 0.255. The van der Waals surface area contributed by atoms with Crippen LogP contribution in [0.2, 0.25) is 5.02 Å². The van der Waals surface area contributed by atoms with Crippen molar-refractivity contribution in [1.82, 2.24) is 4.90 Å². The summed E-state index contributed by atoms with van der Waals surface area (Å²) in [5.41, 5.74) is 0.823. The standard InChI is InChI=1S/C13H15BrClFN2/c14-10-5-9(16)6-11(15)13(10)17-12-2-4-18-3-1-8(12)7-18/h5-6,8,12,17H,1-4,7H2. The molecule has 3 unspecified atom stereocenters. The summed E-state index contributed by atoms with van der Waals surface area (Å²) in [5.74, 6) is 0.375. The summed E-state index contributed by atoms with van der Waals surface area (Å²) < 4.78 is 13.9. The van der Waals surface area contributed by atoms with Gasteiger partial charge < -0.3 is 10.2 Å². The highest BCUT2D eigenvalue weighted by atomic mass is 79.9. The highest BCUT2D eigenvalue weighted by molar-refractivity contribution is 9.10. The van der Waals surface area contributed by atoms with Gasteiger partial charge in [0.05, 0.1) is 10.7 Å². The van der Waals surface area contributed by atoms with Crippen LogP contribution in [0.15, 0.2) is 16.6 Å². The molecule has 3 atom stereocenters. The van der Waals surface area contributed by atoms with Gasteiger partial charge in [-0.3, -0.25) is 0 Å². The van der Waals surface area contributed by atoms with Gasteiger partial charge in [-0.15, -0.1) is 0 Å². The second kappa shape index (κ2) is 4.99. The molecule has 0 spiro atoms. The Labute approximate surface area is 120 Å². The highest BCUT2D eigenvalue weighted by Crippen LogP contribution is 2.36. The van der Waals surface area contributed by atoms with Crippen molar-refractivity contribution in [1.29, 1.82) is 0 Å². The quantitative estimate of drug-likeness (QED) is 0.887. The van der Waals surface area contributed by atoms with Gasteiger partial charge in [0.15, 0.2) is 0 Å². The first-order chi connectivity index (χ1) is 8.63. The first kappa shape index (κ1) is 12.7. The van der Waals surface area contributed by atoms with E-state index in [1.54, 1.807) is 0 Å². The van der Waals surface area contributed by atoms with Crippen LogP contribution in [0.3, 0.4) is 0 Å². The number of hydrogen-bond donors (Lipinski definition) is 1. The third-order valence-electron chi connectivity index (χ3n) is 3.97. The summed E-state index contributed by atoms with van der Waals surface area (Å²) in [7, 11) is 0. The van der Waals surface area contributed by atoms with E-state index < -0.39 is 0 Å². The summed E-state index contributed by atoms with van der Waals surface area (Å²) in [5, 5.41) is 3.95. The largest absolute Gasteiger partial charge is 0.380 e. The number of piperidine rings is 1. The molecule has 2 saturated heterocycles. The molecule has 2 aliphatic heterocycles. The number of rotatable bonds is 2. The smallest absolute Gasteiger partial charge is 0.125 e. The molecule has 0 aromatic heterocycles. The third-order valence-corrected chi connectivity index (χ3v) is 4.89. The van der Waals surface area contributed by atoms with E-state index in [1.807, 2.05) is 0 Å². The van der Waals surface area contributed by atoms with Crippen LogP contribution in [0.1, 0.15) is 12.8 Å². The zero-order valence-corrected chi connectivity index (χ0v) is 12.3. The minimum Gasteiger partial charge on any atom is -0.380 e. The molecule has 5 heteroatoms. The average molecular weight is 334 g/mol. The summed E-state index contributed by atoms with van der Waals surface area (Å²) in [6, 6.07) is 3.26. The van der Waals surface area contributed by atoms with E-state index in [4.69, 9.17) is 11.6 Å². The Morgan fingerprint density at radius 2 is 2.11 bits per heavy atom. The van der Waals surface area contributed by atoms with E-state index in [0.29, 0.717) is 21.5 Å². The first-order valence-electron chi connectivity index (χ1n) is 6.27. The molecule has 0 amide bonds. The number of nitrogens with zero attached hydrogens (tertiary/aromatic N) is 1. The van der Waals surface area contributed by atoms with Crippen LogP contribution < -0.4 is 5.32 Å². The number of hydrogen-bond acceptors (Lipinski definition) is 2. The topological polar surface area (TPSA) is 15.3 Å². The van der Waals surface area contributed by atoms with Gasteiger partial charge >= 0.3 is 0 Å². The molecule has 0 aliphatic carbocycles. The maximum atomic E-state index is 13.2. The van der Waals surface area contributed by atoms with Crippen LogP contribution >= 0.6 is 27.5 Å². The molecule has 1 aromatic carbocycles. The molecular formula is C13H15BrClFN2. The number of benzene rings is 1. The molecule has 2 bridgehead atoms. The fourth-order valence-corrected chi connectivity index (χ4v) is 3.93. The Morgan fingerprint density at radius 3 is 2.89 bits per heavy atom. The molecule has 98 valence electrons. The van der Waals surface area contributed by atoms with Gasteiger partial charge in [0.25, 0.3) is 0 Å². The number of nitrogens with one attached hydrogen (secondary N) is 1. The highest BCUT2D eigenvalue weighted by Gasteiger charge is 2.34. The second-order valence-corrected chi connectivity index (χ2v) is 6.39. The van der Waals surface area contributed by atoms with E-state index in [-0.39, 0.29) is 5.82 Å². The number of fused-ring (bicyclic) bond motifs is 2. The Balaban J connectivity index is 1.80. The Bertz CT molecular complexity index is 445. The Hall–Kier alpha value is -0.320. The lowest BCUT2D eigenvalue weighted by Crippen LogP contribution is -2.39. The Kier molecular flexibility index (Phi) is 3.52. The molecular weight excluding hydrogens is 319 g/mol. The van der Waals surface area contributed by atoms with Crippen molar-refractivity contribution in [2.75, 3.05) is 25.0 Å². The first-order valence-corrected chi connectivity index (χ1v) is 7.44. The van der Waals surface area contributed by atoms with Crippen molar-refractivity contribution >= 4 is 33.2 Å². The molecule has 3 rings (SSSR count). The van der Waals surface area contributed by atoms with Crippen LogP contribution in [-0.2, 0) is 0 Å². The molecule has 18 heavy (non-hydrogen) atoms. The predicted octanol–water partition coefficient (Wildman–Crippen LogP) is 3.75. The molecule has 1 N–H and O–H groups in total. The summed E-state index contributed by atoms with van der Waals surface area (Å²) in [6.45, 7) is 3.53. The van der Waals surface area contributed by atoms with E-state index in [0.717, 1.165) is 18.7 Å². The van der Waals surface area contributed by atoms with E-state index in [2.05, 4.69) is 26.1 Å². The fraction of sp³-hybridized carbons (Fsp3) is 0.538. The zero-order chi connectivity index (χ0) is 12.7. The second-order valence-electron chi connectivity index (χ2n) is 5.13. The van der Waals surface area contributed by atoms with Crippen molar-refractivity contribution in [3.8, 4) is 0 Å². The molecule has 2 heterocycles. The predicted molar refractivity (Wildman–Crippen MR) is 75.7 cm³/mol. The van der Waals surface area contributed by atoms with Crippen LogP contribution in [0.25, 0.3) is 0 Å². The van der Waals surface area contributed by atoms with Crippen molar-refractivity contribution in [2.24, 2.45) is 5.92 Å². The number of anilines is 1. The lowest BCUT2D eigenvalue weighted by atomic mass is 9.94. The average Bonchev–Trinajstić information content (AvgIpc) is 2.69. The van der Waals surface area contributed by atoms with Gasteiger partial charge in [-0.25, -0.2) is 4.39 Å². The van der Waals surface area contributed by atoms with Gasteiger partial charge in [-0.2, -0.15) is 0 Å². The molecule has 2 fully saturated rings. The fourth-order valence-electron chi connectivity index (χ4n) is 3.01. The maximum Gasteiger partial charge on any atom is 0.125 e. The van der Waals surface area contributed by atoms with Crippen molar-refractivity contribution in [3.05, 3.63) is 27.4 Å². The Morgan fingerprint density at radius 1 is 1.33 bits per heavy atom. The normalized spacial score (nSPS) is 30.5. The molecule has 2 aliphatic rings. The van der Waals surface area contributed by atoms with Crippen LogP contribution in [0.5, 0.6) is 0 Å². The van der Waals surface area contributed by atoms with Crippen molar-refractivity contribution in [2.45, 2.75) is 18.9 Å². The number of halogens is 3. The molecule has 0 saturated carbocycles. The zero-order valence-electron chi connectivity index (χ0n) is 9.93. The minimum atomic E-state index is -0.312. The SMILES string of the molecule is Fc1cc(Cl)c(NC2CCN3CCC2C3)c(Br)c1. The summed E-state index contributed by atoms with van der Waals surface area (Å²) in [4.78, 5) is 2.50. The molecule has 0 radical (unpaired) electrons. The van der Waals surface area contributed by atoms with Crippen LogP contribution in [0.4, 0.5) is 10.1 Å². The summed E-state index contributed by atoms with van der Waals surface area (Å²) in [6.07, 6.45) is 2.37. The molecule has 2 nitrogen and oxygen atoms in total. The molecule has 1 aromatic rings. The van der Waals surface area contributed by atoms with Gasteiger partial charge in [0, 0.05) is 23.6 Å². The van der Waals surface area contributed by atoms with Crippen molar-refractivity contribution < 1.29 is 4.39 Å². The minimum absolute atomic E-state index is 0.312. The lowest BCUT2D eigenvalue weighted by Gasteiger charge is -2.32. The van der Waals surface area contributed by atoms with Gasteiger partial charge in [-0.05, 0) is 53.4 Å². The van der Waals surface area contributed by atoms with E-state index in [9.17, 15) is 4.39 Å². The van der Waals surface area contributed by atoms with Crippen LogP contribution in [-0.4, -0.2) is 30.6 Å². The van der Waals surface area contributed by atoms with E-state index in [1.165, 1.54) is 31.6 Å². The summed E-state index contributed by atoms with van der Waals surface area (Å²) >= 11 is 9.49. The monoisotopic (exact) mass is 332 g/mol. The third kappa shape index (κ3) is 2.38. The van der Waals surface area contributed by atoms with Gasteiger partial charge in [0.2, 0.25) is 0 Å².